The summed E-state index contributed by atoms with van der Waals surface area (Å²) in [5.74, 6) is 0.364. The molecule has 0 saturated heterocycles. The van der Waals surface area contributed by atoms with Gasteiger partial charge in [-0.2, -0.15) is 5.10 Å². The van der Waals surface area contributed by atoms with Gasteiger partial charge in [0.05, 0.1) is 5.54 Å². The molecule has 0 unspecified atom stereocenters. The predicted octanol–water partition coefficient (Wildman–Crippen LogP) is 2.04. The van der Waals surface area contributed by atoms with E-state index in [-0.39, 0.29) is 24.0 Å². The van der Waals surface area contributed by atoms with Crippen molar-refractivity contribution in [1.29, 1.82) is 0 Å². The topological polar surface area (TPSA) is 79.3 Å². The zero-order valence-electron chi connectivity index (χ0n) is 14.3. The molecule has 2 aliphatic rings. The van der Waals surface area contributed by atoms with E-state index in [9.17, 15) is 9.59 Å². The minimum atomic E-state index is -0.123. The minimum absolute atomic E-state index is 0.119. The zero-order valence-corrected chi connectivity index (χ0v) is 14.3. The van der Waals surface area contributed by atoms with Crippen LogP contribution in [0.1, 0.15) is 37.8 Å². The summed E-state index contributed by atoms with van der Waals surface area (Å²) in [6.07, 6.45) is 9.90. The molecular weight excluding hydrogens is 306 g/mol. The normalized spacial score (nSPS) is 18.8. The van der Waals surface area contributed by atoms with Crippen molar-refractivity contribution in [2.24, 2.45) is 0 Å². The van der Waals surface area contributed by atoms with E-state index in [1.165, 1.54) is 6.42 Å². The number of nitrogens with one attached hydrogen (secondary N) is 2. The molecule has 1 saturated carbocycles. The molecule has 1 aliphatic carbocycles. The number of urea groups is 1. The van der Waals surface area contributed by atoms with Crippen LogP contribution in [0.4, 0.5) is 10.6 Å². The van der Waals surface area contributed by atoms with E-state index in [1.54, 1.807) is 17.8 Å². The molecule has 0 bridgehead atoms. The molecule has 24 heavy (non-hydrogen) atoms. The lowest BCUT2D eigenvalue weighted by Crippen LogP contribution is -2.50. The van der Waals surface area contributed by atoms with Crippen molar-refractivity contribution in [3.8, 4) is 0 Å². The molecule has 1 aliphatic heterocycles. The number of rotatable bonds is 3. The van der Waals surface area contributed by atoms with Gasteiger partial charge < -0.3 is 10.2 Å². The molecule has 0 aromatic carbocycles. The van der Waals surface area contributed by atoms with Crippen LogP contribution in [0.2, 0.25) is 0 Å². The van der Waals surface area contributed by atoms with Gasteiger partial charge in [0, 0.05) is 25.4 Å². The summed E-state index contributed by atoms with van der Waals surface area (Å²) < 4.78 is 1.59. The quantitative estimate of drug-likeness (QED) is 0.832. The van der Waals surface area contributed by atoms with Crippen molar-refractivity contribution in [3.05, 3.63) is 23.9 Å². The van der Waals surface area contributed by atoms with E-state index >= 15 is 0 Å². The first-order chi connectivity index (χ1) is 11.5. The number of hydrogen-bond acceptors (Lipinski definition) is 3. The molecular formula is C17H25N5O2. The Hall–Kier alpha value is -2.31. The SMILES string of the molecule is CNC(=O)Cn1nc(NC(=O)N2CC=CC23CCCCC3)cc1C. The summed E-state index contributed by atoms with van der Waals surface area (Å²) in [7, 11) is 1.59. The van der Waals surface area contributed by atoms with Crippen LogP contribution in [0, 0.1) is 6.92 Å². The third kappa shape index (κ3) is 3.16. The highest BCUT2D eigenvalue weighted by atomic mass is 16.2. The fourth-order valence-corrected chi connectivity index (χ4v) is 3.66. The predicted molar refractivity (Wildman–Crippen MR) is 91.7 cm³/mol. The van der Waals surface area contributed by atoms with Crippen LogP contribution in [0.15, 0.2) is 18.2 Å². The molecule has 1 aromatic heterocycles. The summed E-state index contributed by atoms with van der Waals surface area (Å²) in [4.78, 5) is 26.1. The highest BCUT2D eigenvalue weighted by molar-refractivity contribution is 5.89. The van der Waals surface area contributed by atoms with Gasteiger partial charge in [-0.05, 0) is 19.8 Å². The van der Waals surface area contributed by atoms with E-state index in [0.717, 1.165) is 31.4 Å². The van der Waals surface area contributed by atoms with Gasteiger partial charge in [0.25, 0.3) is 0 Å². The first kappa shape index (κ1) is 16.5. The Kier molecular flexibility index (Phi) is 4.59. The molecule has 7 nitrogen and oxygen atoms in total. The number of nitrogens with zero attached hydrogens (tertiary/aromatic N) is 3. The van der Waals surface area contributed by atoms with Crippen molar-refractivity contribution in [1.82, 2.24) is 20.0 Å². The lowest BCUT2D eigenvalue weighted by molar-refractivity contribution is -0.121. The maximum absolute atomic E-state index is 12.7. The van der Waals surface area contributed by atoms with E-state index < -0.39 is 0 Å². The van der Waals surface area contributed by atoms with Crippen LogP contribution >= 0.6 is 0 Å². The summed E-state index contributed by atoms with van der Waals surface area (Å²) >= 11 is 0. The summed E-state index contributed by atoms with van der Waals surface area (Å²) in [6, 6.07) is 1.67. The number of aromatic nitrogens is 2. The standard InChI is InChI=1S/C17H25N5O2/c1-13-11-14(20-22(13)12-15(23)18-2)19-16(24)21-10-6-9-17(21)7-4-3-5-8-17/h6,9,11H,3-5,7-8,10,12H2,1-2H3,(H,18,23)(H,19,20,24). The number of anilines is 1. The van der Waals surface area contributed by atoms with E-state index in [2.05, 4.69) is 27.9 Å². The molecule has 0 atom stereocenters. The lowest BCUT2D eigenvalue weighted by Gasteiger charge is -2.40. The molecule has 2 heterocycles. The van der Waals surface area contributed by atoms with Gasteiger partial charge in [0.2, 0.25) is 5.91 Å². The second-order valence-electron chi connectivity index (χ2n) is 6.61. The third-order valence-electron chi connectivity index (χ3n) is 5.01. The van der Waals surface area contributed by atoms with E-state index in [4.69, 9.17) is 0 Å². The number of aryl methyl sites for hydroxylation is 1. The van der Waals surface area contributed by atoms with Crippen LogP contribution in [0.3, 0.4) is 0 Å². The van der Waals surface area contributed by atoms with Gasteiger partial charge in [-0.1, -0.05) is 31.4 Å². The van der Waals surface area contributed by atoms with Gasteiger partial charge in [-0.25, -0.2) is 4.79 Å². The van der Waals surface area contributed by atoms with E-state index in [0.29, 0.717) is 12.4 Å². The Bertz CT molecular complexity index is 658. The molecule has 2 N–H and O–H groups in total. The number of amides is 3. The molecule has 1 aromatic rings. The van der Waals surface area contributed by atoms with Crippen LogP contribution < -0.4 is 10.6 Å². The Morgan fingerprint density at radius 2 is 2.04 bits per heavy atom. The zero-order chi connectivity index (χ0) is 17.2. The molecule has 3 rings (SSSR count). The van der Waals surface area contributed by atoms with Crippen molar-refractivity contribution in [3.63, 3.8) is 0 Å². The average Bonchev–Trinajstić information content (AvgIpc) is 3.12. The second-order valence-corrected chi connectivity index (χ2v) is 6.61. The van der Waals surface area contributed by atoms with E-state index in [1.807, 2.05) is 11.8 Å². The van der Waals surface area contributed by atoms with Crippen molar-refractivity contribution >= 4 is 17.8 Å². The van der Waals surface area contributed by atoms with Crippen LogP contribution in [-0.4, -0.2) is 45.8 Å². The fourth-order valence-electron chi connectivity index (χ4n) is 3.66. The molecule has 1 spiro atoms. The average molecular weight is 331 g/mol. The summed E-state index contributed by atoms with van der Waals surface area (Å²) in [5.41, 5.74) is 0.711. The van der Waals surface area contributed by atoms with Crippen molar-refractivity contribution in [2.75, 3.05) is 18.9 Å². The second kappa shape index (κ2) is 6.67. The van der Waals surface area contributed by atoms with Crippen molar-refractivity contribution < 1.29 is 9.59 Å². The summed E-state index contributed by atoms with van der Waals surface area (Å²) in [5, 5.41) is 9.78. The molecule has 1 fully saturated rings. The Morgan fingerprint density at radius 3 is 2.75 bits per heavy atom. The highest BCUT2D eigenvalue weighted by Gasteiger charge is 2.41. The Morgan fingerprint density at radius 1 is 1.29 bits per heavy atom. The molecule has 130 valence electrons. The van der Waals surface area contributed by atoms with Gasteiger partial charge >= 0.3 is 6.03 Å². The van der Waals surface area contributed by atoms with Gasteiger partial charge in [-0.3, -0.25) is 14.8 Å². The maximum Gasteiger partial charge on any atom is 0.324 e. The number of carbonyl (C=O) groups is 2. The van der Waals surface area contributed by atoms with Crippen LogP contribution in [-0.2, 0) is 11.3 Å². The summed E-state index contributed by atoms with van der Waals surface area (Å²) in [6.45, 7) is 2.66. The smallest absolute Gasteiger partial charge is 0.324 e. The molecule has 7 heteroatoms. The van der Waals surface area contributed by atoms with Crippen molar-refractivity contribution in [2.45, 2.75) is 51.1 Å². The fraction of sp³-hybridized carbons (Fsp3) is 0.588. The lowest BCUT2D eigenvalue weighted by atomic mass is 9.81. The number of hydrogen-bond donors (Lipinski definition) is 2. The largest absolute Gasteiger partial charge is 0.358 e. The minimum Gasteiger partial charge on any atom is -0.358 e. The Labute approximate surface area is 142 Å². The maximum atomic E-state index is 12.7. The molecule has 3 amide bonds. The first-order valence-electron chi connectivity index (χ1n) is 8.55. The van der Waals surface area contributed by atoms with Crippen LogP contribution in [0.5, 0.6) is 0 Å². The number of likely N-dealkylation sites (N-methyl/N-ethyl adjacent to an activating group) is 1. The molecule has 0 radical (unpaired) electrons. The van der Waals surface area contributed by atoms with Gasteiger partial charge in [0.1, 0.15) is 6.54 Å². The Balaban J connectivity index is 1.69. The first-order valence-corrected chi connectivity index (χ1v) is 8.55. The number of carbonyl (C=O) groups excluding carboxylic acids is 2. The van der Waals surface area contributed by atoms with Gasteiger partial charge in [0.15, 0.2) is 5.82 Å². The third-order valence-corrected chi connectivity index (χ3v) is 5.01. The monoisotopic (exact) mass is 331 g/mol. The van der Waals surface area contributed by atoms with Crippen LogP contribution in [0.25, 0.3) is 0 Å². The van der Waals surface area contributed by atoms with Gasteiger partial charge in [-0.15, -0.1) is 0 Å². The highest BCUT2D eigenvalue weighted by Crippen LogP contribution is 2.38.